The molecule has 140 valence electrons. The Morgan fingerprint density at radius 3 is 2.04 bits per heavy atom. The van der Waals surface area contributed by atoms with E-state index in [1.165, 1.54) is 6.42 Å². The van der Waals surface area contributed by atoms with Crippen LogP contribution in [0.4, 0.5) is 5.69 Å². The third-order valence-electron chi connectivity index (χ3n) is 5.42. The number of methoxy groups -OCH3 is 1. The molecular weight excluding hydrogens is 344 g/mol. The summed E-state index contributed by atoms with van der Waals surface area (Å²) in [6.45, 7) is 1.98. The van der Waals surface area contributed by atoms with E-state index in [-0.39, 0.29) is 0 Å². The van der Waals surface area contributed by atoms with Crippen LogP contribution in [-0.4, -0.2) is 20.2 Å². The molecular formula is C25H24N2O. The van der Waals surface area contributed by atoms with E-state index in [9.17, 15) is 5.26 Å². The van der Waals surface area contributed by atoms with Gasteiger partial charge in [0.25, 0.3) is 0 Å². The molecule has 3 aromatic carbocycles. The molecule has 0 N–H and O–H groups in total. The first kappa shape index (κ1) is 18.1. The molecule has 1 aliphatic rings. The molecule has 0 unspecified atom stereocenters. The summed E-state index contributed by atoms with van der Waals surface area (Å²) in [6, 6.07) is 25.0. The van der Waals surface area contributed by atoms with E-state index in [2.05, 4.69) is 29.2 Å². The molecule has 0 amide bonds. The van der Waals surface area contributed by atoms with Gasteiger partial charge in [-0.2, -0.15) is 5.26 Å². The van der Waals surface area contributed by atoms with Gasteiger partial charge in [-0.3, -0.25) is 0 Å². The Morgan fingerprint density at radius 2 is 1.46 bits per heavy atom. The van der Waals surface area contributed by atoms with Crippen molar-refractivity contribution in [2.75, 3.05) is 25.1 Å². The van der Waals surface area contributed by atoms with Gasteiger partial charge in [-0.15, -0.1) is 0 Å². The third-order valence-corrected chi connectivity index (χ3v) is 5.42. The topological polar surface area (TPSA) is 36.3 Å². The minimum Gasteiger partial charge on any atom is -0.495 e. The second-order valence-corrected chi connectivity index (χ2v) is 7.12. The van der Waals surface area contributed by atoms with Gasteiger partial charge < -0.3 is 9.64 Å². The summed E-state index contributed by atoms with van der Waals surface area (Å²) in [5, 5.41) is 10.1. The van der Waals surface area contributed by atoms with Crippen molar-refractivity contribution in [3.63, 3.8) is 0 Å². The van der Waals surface area contributed by atoms with Gasteiger partial charge in [-0.25, -0.2) is 0 Å². The number of hydrogen-bond donors (Lipinski definition) is 0. The predicted molar refractivity (Wildman–Crippen MR) is 115 cm³/mol. The van der Waals surface area contributed by atoms with Crippen LogP contribution in [0.2, 0.25) is 0 Å². The van der Waals surface area contributed by atoms with E-state index in [0.717, 1.165) is 59.6 Å². The summed E-state index contributed by atoms with van der Waals surface area (Å²) in [7, 11) is 1.69. The number of anilines is 1. The number of piperidine rings is 1. The Labute approximate surface area is 166 Å². The van der Waals surface area contributed by atoms with E-state index in [0.29, 0.717) is 5.56 Å². The lowest BCUT2D eigenvalue weighted by Gasteiger charge is -2.31. The van der Waals surface area contributed by atoms with Crippen LogP contribution in [0.25, 0.3) is 22.3 Å². The monoisotopic (exact) mass is 368 g/mol. The Balaban J connectivity index is 2.03. The summed E-state index contributed by atoms with van der Waals surface area (Å²) in [4.78, 5) is 2.36. The maximum atomic E-state index is 10.1. The van der Waals surface area contributed by atoms with E-state index in [4.69, 9.17) is 4.74 Å². The van der Waals surface area contributed by atoms with Gasteiger partial charge >= 0.3 is 0 Å². The van der Waals surface area contributed by atoms with Gasteiger partial charge in [0, 0.05) is 24.2 Å². The van der Waals surface area contributed by atoms with Crippen molar-refractivity contribution >= 4 is 5.69 Å². The molecule has 3 heteroatoms. The van der Waals surface area contributed by atoms with Crippen molar-refractivity contribution in [3.05, 3.63) is 72.3 Å². The standard InChI is InChI=1S/C25H24N2O/c1-28-25-21(19-11-5-2-6-12-19)17-23(27-15-9-4-10-16-27)22(18-26)24(25)20-13-7-3-8-14-20/h2-3,5-8,11-14,17H,4,9-10,15-16H2,1H3. The van der Waals surface area contributed by atoms with Gasteiger partial charge in [-0.05, 0) is 36.5 Å². The summed E-state index contributed by atoms with van der Waals surface area (Å²) in [5.41, 5.74) is 5.73. The molecule has 0 aliphatic carbocycles. The minimum absolute atomic E-state index is 0.699. The highest BCUT2D eigenvalue weighted by molar-refractivity contribution is 5.91. The fourth-order valence-electron chi connectivity index (χ4n) is 4.07. The summed E-state index contributed by atoms with van der Waals surface area (Å²) in [6.07, 6.45) is 3.59. The molecule has 1 fully saturated rings. The molecule has 0 aromatic heterocycles. The minimum atomic E-state index is 0.699. The second-order valence-electron chi connectivity index (χ2n) is 7.12. The lowest BCUT2D eigenvalue weighted by molar-refractivity contribution is 0.418. The second kappa shape index (κ2) is 8.19. The van der Waals surface area contributed by atoms with Crippen molar-refractivity contribution < 1.29 is 4.74 Å². The molecule has 0 radical (unpaired) electrons. The maximum Gasteiger partial charge on any atom is 0.135 e. The normalized spacial score (nSPS) is 13.8. The molecule has 1 saturated heterocycles. The van der Waals surface area contributed by atoms with Crippen molar-refractivity contribution in [2.24, 2.45) is 0 Å². The highest BCUT2D eigenvalue weighted by Gasteiger charge is 2.24. The smallest absolute Gasteiger partial charge is 0.135 e. The highest BCUT2D eigenvalue weighted by Crippen LogP contribution is 2.45. The molecule has 0 spiro atoms. The first-order valence-corrected chi connectivity index (χ1v) is 9.84. The van der Waals surface area contributed by atoms with E-state index in [1.54, 1.807) is 7.11 Å². The average molecular weight is 368 g/mol. The summed E-state index contributed by atoms with van der Waals surface area (Å²) >= 11 is 0. The van der Waals surface area contributed by atoms with E-state index in [1.807, 2.05) is 48.5 Å². The van der Waals surface area contributed by atoms with Crippen molar-refractivity contribution in [1.82, 2.24) is 0 Å². The molecule has 0 atom stereocenters. The lowest BCUT2D eigenvalue weighted by Crippen LogP contribution is -2.30. The number of ether oxygens (including phenoxy) is 1. The SMILES string of the molecule is COc1c(-c2ccccc2)cc(N2CCCCC2)c(C#N)c1-c1ccccc1. The molecule has 28 heavy (non-hydrogen) atoms. The largest absolute Gasteiger partial charge is 0.495 e. The van der Waals surface area contributed by atoms with Gasteiger partial charge in [0.1, 0.15) is 11.8 Å². The van der Waals surface area contributed by atoms with Crippen LogP contribution in [0.3, 0.4) is 0 Å². The van der Waals surface area contributed by atoms with Gasteiger partial charge in [-0.1, -0.05) is 60.7 Å². The van der Waals surface area contributed by atoms with Crippen LogP contribution in [0, 0.1) is 11.3 Å². The number of rotatable bonds is 4. The average Bonchev–Trinajstić information content (AvgIpc) is 2.79. The molecule has 1 aliphatic heterocycles. The number of hydrogen-bond acceptors (Lipinski definition) is 3. The third kappa shape index (κ3) is 3.34. The van der Waals surface area contributed by atoms with Gasteiger partial charge in [0.2, 0.25) is 0 Å². The number of benzene rings is 3. The Hall–Kier alpha value is -3.25. The lowest BCUT2D eigenvalue weighted by atomic mass is 9.91. The van der Waals surface area contributed by atoms with Crippen molar-refractivity contribution in [1.29, 1.82) is 5.26 Å². The fraction of sp³-hybridized carbons (Fsp3) is 0.240. The zero-order valence-corrected chi connectivity index (χ0v) is 16.2. The van der Waals surface area contributed by atoms with Gasteiger partial charge in [0.05, 0.1) is 18.4 Å². The number of nitrogens with zero attached hydrogens (tertiary/aromatic N) is 2. The zero-order valence-electron chi connectivity index (χ0n) is 16.2. The van der Waals surface area contributed by atoms with Crippen LogP contribution in [0.15, 0.2) is 66.7 Å². The Bertz CT molecular complexity index is 985. The van der Waals surface area contributed by atoms with E-state index >= 15 is 0 Å². The molecule has 3 nitrogen and oxygen atoms in total. The maximum absolute atomic E-state index is 10.1. The van der Waals surface area contributed by atoms with E-state index < -0.39 is 0 Å². The zero-order chi connectivity index (χ0) is 19.3. The summed E-state index contributed by atoms with van der Waals surface area (Å²) < 4.78 is 5.90. The van der Waals surface area contributed by atoms with Crippen LogP contribution >= 0.6 is 0 Å². The highest BCUT2D eigenvalue weighted by atomic mass is 16.5. The van der Waals surface area contributed by atoms with Crippen molar-refractivity contribution in [2.45, 2.75) is 19.3 Å². The Morgan fingerprint density at radius 1 is 0.857 bits per heavy atom. The summed E-state index contributed by atoms with van der Waals surface area (Å²) in [5.74, 6) is 0.759. The Kier molecular flexibility index (Phi) is 5.30. The molecule has 1 heterocycles. The van der Waals surface area contributed by atoms with Crippen LogP contribution in [0.5, 0.6) is 5.75 Å². The first-order chi connectivity index (χ1) is 13.8. The predicted octanol–water partition coefficient (Wildman–Crippen LogP) is 5.89. The quantitative estimate of drug-likeness (QED) is 0.576. The van der Waals surface area contributed by atoms with Gasteiger partial charge in [0.15, 0.2) is 0 Å². The first-order valence-electron chi connectivity index (χ1n) is 9.84. The fourth-order valence-corrected chi connectivity index (χ4v) is 4.07. The number of nitriles is 1. The van der Waals surface area contributed by atoms with Crippen LogP contribution < -0.4 is 9.64 Å². The molecule has 3 aromatic rings. The van der Waals surface area contributed by atoms with Crippen molar-refractivity contribution in [3.8, 4) is 34.1 Å². The molecule has 4 rings (SSSR count). The van der Waals surface area contributed by atoms with Crippen LogP contribution in [-0.2, 0) is 0 Å². The van der Waals surface area contributed by atoms with Crippen LogP contribution in [0.1, 0.15) is 24.8 Å². The molecule has 0 saturated carbocycles. The molecule has 0 bridgehead atoms.